The Morgan fingerprint density at radius 3 is 2.17 bits per heavy atom. The predicted molar refractivity (Wildman–Crippen MR) is 56.7 cm³/mol. The van der Waals surface area contributed by atoms with Crippen molar-refractivity contribution in [1.29, 1.82) is 0 Å². The van der Waals surface area contributed by atoms with Gasteiger partial charge in [-0.3, -0.25) is 0 Å². The van der Waals surface area contributed by atoms with E-state index in [1.807, 2.05) is 6.07 Å². The molecule has 0 fully saturated rings. The van der Waals surface area contributed by atoms with E-state index in [2.05, 4.69) is 22.6 Å². The average molecular weight is 279 g/mol. The first-order chi connectivity index (χ1) is 5.70. The molecule has 1 rings (SSSR count). The van der Waals surface area contributed by atoms with Gasteiger partial charge in [0.25, 0.3) is 0 Å². The summed E-state index contributed by atoms with van der Waals surface area (Å²) >= 11 is 2.17. The fourth-order valence-corrected chi connectivity index (χ4v) is 1.60. The van der Waals surface area contributed by atoms with Gasteiger partial charge in [0.2, 0.25) is 0 Å². The van der Waals surface area contributed by atoms with Gasteiger partial charge in [0, 0.05) is 0 Å². The largest absolute Gasteiger partial charge is 0.492 e. The van der Waals surface area contributed by atoms with Crippen LogP contribution in [-0.4, -0.2) is 14.2 Å². The second-order valence-electron chi connectivity index (χ2n) is 2.20. The van der Waals surface area contributed by atoms with Crippen LogP contribution in [0.5, 0.6) is 11.5 Å². The molecule has 0 unspecified atom stereocenters. The maximum absolute atomic E-state index is 5.67. The molecule has 0 saturated heterocycles. The molecule has 2 N–H and O–H groups in total. The first-order valence-electron chi connectivity index (χ1n) is 3.36. The van der Waals surface area contributed by atoms with E-state index in [0.29, 0.717) is 17.2 Å². The number of halogens is 1. The van der Waals surface area contributed by atoms with Crippen LogP contribution in [0.2, 0.25) is 0 Å². The Morgan fingerprint density at radius 2 is 1.75 bits per heavy atom. The lowest BCUT2D eigenvalue weighted by Crippen LogP contribution is -1.97. The maximum atomic E-state index is 5.67. The lowest BCUT2D eigenvalue weighted by molar-refractivity contribution is 0.354. The monoisotopic (exact) mass is 279 g/mol. The topological polar surface area (TPSA) is 44.5 Å². The van der Waals surface area contributed by atoms with Crippen LogP contribution in [0.15, 0.2) is 12.1 Å². The highest BCUT2D eigenvalue weighted by atomic mass is 127. The summed E-state index contributed by atoms with van der Waals surface area (Å²) < 4.78 is 11.2. The minimum atomic E-state index is 0.592. The summed E-state index contributed by atoms with van der Waals surface area (Å²) in [6.07, 6.45) is 0. The predicted octanol–water partition coefficient (Wildman–Crippen LogP) is 1.89. The number of ether oxygens (including phenoxy) is 2. The third-order valence-electron chi connectivity index (χ3n) is 1.50. The third kappa shape index (κ3) is 1.57. The summed E-state index contributed by atoms with van der Waals surface area (Å²) in [5, 5.41) is 0. The number of nitrogens with two attached hydrogens (primary N) is 1. The highest BCUT2D eigenvalue weighted by Gasteiger charge is 2.10. The maximum Gasteiger partial charge on any atom is 0.184 e. The number of hydrogen-bond donors (Lipinski definition) is 1. The van der Waals surface area contributed by atoms with Gasteiger partial charge in [0.1, 0.15) is 0 Å². The molecule has 0 heterocycles. The van der Waals surface area contributed by atoms with Gasteiger partial charge in [-0.15, -0.1) is 0 Å². The zero-order chi connectivity index (χ0) is 9.14. The molecule has 0 spiro atoms. The minimum Gasteiger partial charge on any atom is -0.492 e. The van der Waals surface area contributed by atoms with Crippen LogP contribution in [0.1, 0.15) is 0 Å². The lowest BCUT2D eigenvalue weighted by Gasteiger charge is -2.10. The number of benzene rings is 1. The van der Waals surface area contributed by atoms with Gasteiger partial charge in [0.05, 0.1) is 23.5 Å². The normalized spacial score (nSPS) is 9.58. The SMILES string of the molecule is COc1c(N)ccc(I)c1OC. The summed E-state index contributed by atoms with van der Waals surface area (Å²) in [5.74, 6) is 1.29. The van der Waals surface area contributed by atoms with Crippen LogP contribution in [0.4, 0.5) is 5.69 Å². The Morgan fingerprint density at radius 1 is 1.17 bits per heavy atom. The molecular formula is C8H10INO2. The standard InChI is InChI=1S/C8H10INO2/c1-11-7-5(9)3-4-6(10)8(7)12-2/h3-4H,10H2,1-2H3. The molecule has 12 heavy (non-hydrogen) atoms. The molecule has 0 aliphatic heterocycles. The Labute approximate surface area is 85.0 Å². The summed E-state index contributed by atoms with van der Waals surface area (Å²) in [7, 11) is 3.17. The summed E-state index contributed by atoms with van der Waals surface area (Å²) in [6, 6.07) is 3.68. The van der Waals surface area contributed by atoms with Gasteiger partial charge in [-0.25, -0.2) is 0 Å². The van der Waals surface area contributed by atoms with Crippen LogP contribution in [-0.2, 0) is 0 Å². The second-order valence-corrected chi connectivity index (χ2v) is 3.37. The molecule has 0 aliphatic carbocycles. The van der Waals surface area contributed by atoms with Crippen LogP contribution in [0.3, 0.4) is 0 Å². The molecule has 3 nitrogen and oxygen atoms in total. The Balaban J connectivity index is 3.28. The molecule has 0 aliphatic rings. The van der Waals surface area contributed by atoms with Crippen LogP contribution in [0.25, 0.3) is 0 Å². The smallest absolute Gasteiger partial charge is 0.184 e. The molecule has 0 saturated carbocycles. The van der Waals surface area contributed by atoms with Crippen LogP contribution < -0.4 is 15.2 Å². The van der Waals surface area contributed by atoms with Crippen molar-refractivity contribution in [3.8, 4) is 11.5 Å². The lowest BCUT2D eigenvalue weighted by atomic mass is 10.3. The Kier molecular flexibility index (Phi) is 3.02. The zero-order valence-electron chi connectivity index (χ0n) is 6.93. The summed E-state index contributed by atoms with van der Waals surface area (Å²) in [6.45, 7) is 0. The average Bonchev–Trinajstić information content (AvgIpc) is 2.08. The zero-order valence-corrected chi connectivity index (χ0v) is 9.08. The molecule has 0 aromatic heterocycles. The quantitative estimate of drug-likeness (QED) is 0.664. The van der Waals surface area contributed by atoms with E-state index in [0.717, 1.165) is 3.57 Å². The molecular weight excluding hydrogens is 269 g/mol. The van der Waals surface area contributed by atoms with Crippen molar-refractivity contribution in [3.05, 3.63) is 15.7 Å². The molecule has 0 radical (unpaired) electrons. The van der Waals surface area contributed by atoms with E-state index >= 15 is 0 Å². The number of rotatable bonds is 2. The van der Waals surface area contributed by atoms with Crippen molar-refractivity contribution in [1.82, 2.24) is 0 Å². The summed E-state index contributed by atoms with van der Waals surface area (Å²) in [5.41, 5.74) is 6.26. The van der Waals surface area contributed by atoms with Crippen molar-refractivity contribution in [2.24, 2.45) is 0 Å². The van der Waals surface area contributed by atoms with Crippen molar-refractivity contribution < 1.29 is 9.47 Å². The fraction of sp³-hybridized carbons (Fsp3) is 0.250. The molecule has 66 valence electrons. The number of anilines is 1. The van der Waals surface area contributed by atoms with E-state index in [1.54, 1.807) is 20.3 Å². The van der Waals surface area contributed by atoms with Gasteiger partial charge >= 0.3 is 0 Å². The second kappa shape index (κ2) is 3.84. The Bertz CT molecular complexity index is 260. The molecule has 1 aromatic rings. The molecule has 0 bridgehead atoms. The highest BCUT2D eigenvalue weighted by molar-refractivity contribution is 14.1. The number of hydrogen-bond acceptors (Lipinski definition) is 3. The van der Waals surface area contributed by atoms with Crippen molar-refractivity contribution in [3.63, 3.8) is 0 Å². The molecule has 0 amide bonds. The van der Waals surface area contributed by atoms with Gasteiger partial charge in [-0.1, -0.05) is 0 Å². The number of methoxy groups -OCH3 is 2. The van der Waals surface area contributed by atoms with Crippen molar-refractivity contribution in [2.45, 2.75) is 0 Å². The van der Waals surface area contributed by atoms with Crippen molar-refractivity contribution in [2.75, 3.05) is 20.0 Å². The van der Waals surface area contributed by atoms with Gasteiger partial charge in [0.15, 0.2) is 11.5 Å². The first kappa shape index (κ1) is 9.44. The molecule has 4 heteroatoms. The third-order valence-corrected chi connectivity index (χ3v) is 2.35. The highest BCUT2D eigenvalue weighted by Crippen LogP contribution is 2.36. The van der Waals surface area contributed by atoms with Crippen LogP contribution >= 0.6 is 22.6 Å². The van der Waals surface area contributed by atoms with E-state index in [4.69, 9.17) is 15.2 Å². The van der Waals surface area contributed by atoms with E-state index < -0.39 is 0 Å². The van der Waals surface area contributed by atoms with Gasteiger partial charge in [-0.05, 0) is 34.7 Å². The minimum absolute atomic E-state index is 0.592. The summed E-state index contributed by atoms with van der Waals surface area (Å²) in [4.78, 5) is 0. The fourth-order valence-electron chi connectivity index (χ4n) is 0.955. The Hall–Kier alpha value is -0.650. The van der Waals surface area contributed by atoms with E-state index in [-0.39, 0.29) is 0 Å². The van der Waals surface area contributed by atoms with E-state index in [1.165, 1.54) is 0 Å². The number of nitrogen functional groups attached to an aromatic ring is 1. The van der Waals surface area contributed by atoms with Gasteiger partial charge in [-0.2, -0.15) is 0 Å². The van der Waals surface area contributed by atoms with E-state index in [9.17, 15) is 0 Å². The molecule has 1 aromatic carbocycles. The first-order valence-corrected chi connectivity index (χ1v) is 4.44. The molecule has 0 atom stereocenters. The van der Waals surface area contributed by atoms with Crippen LogP contribution in [0, 0.1) is 3.57 Å². The van der Waals surface area contributed by atoms with Gasteiger partial charge < -0.3 is 15.2 Å². The van der Waals surface area contributed by atoms with Crippen molar-refractivity contribution >= 4 is 28.3 Å².